The average Bonchev–Trinajstić information content (AvgIpc) is 2.64. The molecule has 12 heavy (non-hydrogen) atoms. The van der Waals surface area contributed by atoms with E-state index in [-0.39, 0.29) is 0 Å². The normalized spacial score (nSPS) is 29.3. The van der Waals surface area contributed by atoms with Crippen molar-refractivity contribution in [2.75, 3.05) is 0 Å². The molecule has 2 unspecified atom stereocenters. The minimum atomic E-state index is 0.476. The fourth-order valence-electron chi connectivity index (χ4n) is 2.44. The van der Waals surface area contributed by atoms with Gasteiger partial charge in [0.15, 0.2) is 0 Å². The second-order valence-electron chi connectivity index (χ2n) is 3.61. The molecular formula is C11H10O. The van der Waals surface area contributed by atoms with Crippen LogP contribution >= 0.6 is 0 Å². The first-order chi connectivity index (χ1) is 5.86. The molecule has 0 saturated carbocycles. The Balaban J connectivity index is 2.30. The Labute approximate surface area is 71.3 Å². The summed E-state index contributed by atoms with van der Waals surface area (Å²) in [6, 6.07) is 5.85. The molecule has 3 rings (SSSR count). The smallest absolute Gasteiger partial charge is 0.119 e. The fraction of sp³-hybridized carbons (Fsp3) is 0.273. The summed E-state index contributed by atoms with van der Waals surface area (Å²) in [6.07, 6.45) is 5.64. The minimum absolute atomic E-state index is 0.476. The predicted molar refractivity (Wildman–Crippen MR) is 47.3 cm³/mol. The van der Waals surface area contributed by atoms with Gasteiger partial charge in [-0.25, -0.2) is 0 Å². The molecule has 2 atom stereocenters. The van der Waals surface area contributed by atoms with Gasteiger partial charge in [-0.2, -0.15) is 0 Å². The van der Waals surface area contributed by atoms with Crippen molar-refractivity contribution in [2.45, 2.75) is 18.3 Å². The van der Waals surface area contributed by atoms with Crippen LogP contribution in [0.2, 0.25) is 0 Å². The molecule has 0 fully saturated rings. The van der Waals surface area contributed by atoms with Crippen molar-refractivity contribution >= 4 is 0 Å². The Bertz CT molecular complexity index is 365. The second-order valence-corrected chi connectivity index (χ2v) is 3.61. The lowest BCUT2D eigenvalue weighted by molar-refractivity contribution is 0.467. The minimum Gasteiger partial charge on any atom is -0.508 e. The van der Waals surface area contributed by atoms with Crippen molar-refractivity contribution < 1.29 is 5.11 Å². The molecule has 0 saturated heterocycles. The fourth-order valence-corrected chi connectivity index (χ4v) is 2.44. The molecule has 0 radical (unpaired) electrons. The number of hydrogen-bond donors (Lipinski definition) is 1. The van der Waals surface area contributed by atoms with Crippen LogP contribution in [0.25, 0.3) is 0 Å². The second kappa shape index (κ2) is 1.92. The van der Waals surface area contributed by atoms with Crippen LogP contribution in [0.4, 0.5) is 0 Å². The van der Waals surface area contributed by atoms with E-state index >= 15 is 0 Å². The number of phenolic OH excluding ortho intramolecular Hbond substituents is 1. The van der Waals surface area contributed by atoms with E-state index in [1.165, 1.54) is 17.5 Å². The zero-order chi connectivity index (χ0) is 8.13. The molecule has 2 aliphatic rings. The zero-order valence-corrected chi connectivity index (χ0v) is 6.70. The number of phenols is 1. The summed E-state index contributed by atoms with van der Waals surface area (Å²) in [7, 11) is 0. The number of allylic oxidation sites excluding steroid dienone is 2. The maximum Gasteiger partial charge on any atom is 0.119 e. The maximum atomic E-state index is 9.62. The first kappa shape index (κ1) is 6.30. The number of benzene rings is 1. The van der Waals surface area contributed by atoms with Gasteiger partial charge >= 0.3 is 0 Å². The Kier molecular flexibility index (Phi) is 1.01. The molecule has 1 N–H and O–H groups in total. The van der Waals surface area contributed by atoms with Crippen LogP contribution in [0, 0.1) is 0 Å². The summed E-state index contributed by atoms with van der Waals surface area (Å²) in [5.41, 5.74) is 2.51. The van der Waals surface area contributed by atoms with E-state index in [1.54, 1.807) is 6.07 Å². The monoisotopic (exact) mass is 158 g/mol. The van der Waals surface area contributed by atoms with Crippen LogP contribution in [-0.4, -0.2) is 5.11 Å². The van der Waals surface area contributed by atoms with Gasteiger partial charge in [-0.3, -0.25) is 0 Å². The van der Waals surface area contributed by atoms with Crippen LogP contribution in [0.1, 0.15) is 29.4 Å². The molecule has 1 heteroatoms. The van der Waals surface area contributed by atoms with Gasteiger partial charge in [0, 0.05) is 17.4 Å². The lowest BCUT2D eigenvalue weighted by Crippen LogP contribution is -1.92. The van der Waals surface area contributed by atoms with Crippen LogP contribution < -0.4 is 0 Å². The third-order valence-electron chi connectivity index (χ3n) is 2.97. The van der Waals surface area contributed by atoms with E-state index in [9.17, 15) is 5.11 Å². The van der Waals surface area contributed by atoms with Crippen LogP contribution in [0.15, 0.2) is 30.4 Å². The van der Waals surface area contributed by atoms with E-state index in [2.05, 4.69) is 18.2 Å². The van der Waals surface area contributed by atoms with E-state index in [0.717, 1.165) is 0 Å². The van der Waals surface area contributed by atoms with Crippen molar-refractivity contribution in [3.8, 4) is 5.75 Å². The topological polar surface area (TPSA) is 20.2 Å². The Morgan fingerprint density at radius 1 is 1.17 bits per heavy atom. The molecule has 2 aliphatic carbocycles. The number of fused-ring (bicyclic) bond motifs is 5. The molecule has 1 aromatic carbocycles. The summed E-state index contributed by atoms with van der Waals surface area (Å²) >= 11 is 0. The van der Waals surface area contributed by atoms with E-state index in [0.29, 0.717) is 17.6 Å². The molecule has 2 bridgehead atoms. The molecule has 0 amide bonds. The SMILES string of the molecule is Oc1cccc2c1C1C=CC2C1. The summed E-state index contributed by atoms with van der Waals surface area (Å²) < 4.78 is 0. The molecule has 60 valence electrons. The van der Waals surface area contributed by atoms with Crippen LogP contribution in [-0.2, 0) is 0 Å². The third-order valence-corrected chi connectivity index (χ3v) is 2.97. The van der Waals surface area contributed by atoms with E-state index < -0.39 is 0 Å². The summed E-state index contributed by atoms with van der Waals surface area (Å²) in [5.74, 6) is 1.55. The number of hydrogen-bond acceptors (Lipinski definition) is 1. The summed E-state index contributed by atoms with van der Waals surface area (Å²) in [4.78, 5) is 0. The van der Waals surface area contributed by atoms with Crippen molar-refractivity contribution in [1.29, 1.82) is 0 Å². The molecule has 0 aromatic heterocycles. The Hall–Kier alpha value is -1.24. The Morgan fingerprint density at radius 3 is 2.83 bits per heavy atom. The van der Waals surface area contributed by atoms with Crippen LogP contribution in [0.5, 0.6) is 5.75 Å². The highest BCUT2D eigenvalue weighted by atomic mass is 16.3. The molecular weight excluding hydrogens is 148 g/mol. The standard InChI is InChI=1S/C11H10O/c12-10-3-1-2-9-7-4-5-8(6-7)11(9)10/h1-5,7-8,12H,6H2. The highest BCUT2D eigenvalue weighted by Gasteiger charge is 2.34. The van der Waals surface area contributed by atoms with Crippen molar-refractivity contribution in [1.82, 2.24) is 0 Å². The van der Waals surface area contributed by atoms with Crippen molar-refractivity contribution in [3.63, 3.8) is 0 Å². The molecule has 0 heterocycles. The first-order valence-corrected chi connectivity index (χ1v) is 4.36. The largest absolute Gasteiger partial charge is 0.508 e. The maximum absolute atomic E-state index is 9.62. The molecule has 0 spiro atoms. The summed E-state index contributed by atoms with van der Waals surface area (Å²) in [5, 5.41) is 9.62. The van der Waals surface area contributed by atoms with Gasteiger partial charge in [0.1, 0.15) is 5.75 Å². The van der Waals surface area contributed by atoms with Gasteiger partial charge in [0.25, 0.3) is 0 Å². The number of aromatic hydroxyl groups is 1. The third kappa shape index (κ3) is 0.596. The van der Waals surface area contributed by atoms with Crippen molar-refractivity contribution in [3.05, 3.63) is 41.5 Å². The average molecular weight is 158 g/mol. The Morgan fingerprint density at radius 2 is 2.00 bits per heavy atom. The van der Waals surface area contributed by atoms with Gasteiger partial charge in [-0.1, -0.05) is 24.3 Å². The molecule has 0 aliphatic heterocycles. The lowest BCUT2D eigenvalue weighted by Gasteiger charge is -2.10. The van der Waals surface area contributed by atoms with E-state index in [4.69, 9.17) is 0 Å². The zero-order valence-electron chi connectivity index (χ0n) is 6.70. The summed E-state index contributed by atoms with van der Waals surface area (Å²) in [6.45, 7) is 0. The van der Waals surface area contributed by atoms with Gasteiger partial charge in [0.2, 0.25) is 0 Å². The van der Waals surface area contributed by atoms with Crippen molar-refractivity contribution in [2.24, 2.45) is 0 Å². The van der Waals surface area contributed by atoms with Gasteiger partial charge in [-0.05, 0) is 18.1 Å². The lowest BCUT2D eigenvalue weighted by atomic mass is 9.96. The van der Waals surface area contributed by atoms with Crippen LogP contribution in [0.3, 0.4) is 0 Å². The number of rotatable bonds is 0. The molecule has 1 nitrogen and oxygen atoms in total. The molecule has 1 aromatic rings. The van der Waals surface area contributed by atoms with Gasteiger partial charge in [-0.15, -0.1) is 0 Å². The highest BCUT2D eigenvalue weighted by molar-refractivity contribution is 5.53. The quantitative estimate of drug-likeness (QED) is 0.575. The predicted octanol–water partition coefficient (Wildman–Crippen LogP) is 2.53. The van der Waals surface area contributed by atoms with E-state index in [1.807, 2.05) is 6.07 Å². The van der Waals surface area contributed by atoms with Gasteiger partial charge < -0.3 is 5.11 Å². The van der Waals surface area contributed by atoms with Gasteiger partial charge in [0.05, 0.1) is 0 Å². The first-order valence-electron chi connectivity index (χ1n) is 4.36. The highest BCUT2D eigenvalue weighted by Crippen LogP contribution is 2.51.